The fraction of sp³-hybridized carbons (Fsp3) is 0.476. The molecule has 0 spiro atoms. The number of rotatable bonds is 3. The van der Waals surface area contributed by atoms with Gasteiger partial charge in [-0.15, -0.1) is 0 Å². The molecule has 27 heavy (non-hydrogen) atoms. The van der Waals surface area contributed by atoms with Gasteiger partial charge in [-0.2, -0.15) is 5.10 Å². The number of nitrogens with zero attached hydrogens (tertiary/aromatic N) is 3. The van der Waals surface area contributed by atoms with Crippen molar-refractivity contribution in [1.82, 2.24) is 9.78 Å². The Kier molecular flexibility index (Phi) is 3.56. The quantitative estimate of drug-likeness (QED) is 0.784. The number of fused-ring (bicyclic) bond motifs is 5. The highest BCUT2D eigenvalue weighted by Crippen LogP contribution is 2.50. The fourth-order valence-electron chi connectivity index (χ4n) is 4.96. The van der Waals surface area contributed by atoms with Crippen molar-refractivity contribution in [3.05, 3.63) is 46.8 Å². The molecule has 1 aromatic carbocycles. The Bertz CT molecular complexity index is 918. The fourth-order valence-corrected chi connectivity index (χ4v) is 4.96. The van der Waals surface area contributed by atoms with Gasteiger partial charge in [-0.25, -0.2) is 4.90 Å². The molecule has 0 aliphatic carbocycles. The van der Waals surface area contributed by atoms with Crippen LogP contribution in [0.5, 0.6) is 0 Å². The van der Waals surface area contributed by atoms with Gasteiger partial charge < -0.3 is 4.74 Å². The van der Waals surface area contributed by atoms with Gasteiger partial charge in [0.25, 0.3) is 0 Å². The Morgan fingerprint density at radius 3 is 2.19 bits per heavy atom. The number of anilines is 1. The zero-order valence-corrected chi connectivity index (χ0v) is 15.8. The van der Waals surface area contributed by atoms with Gasteiger partial charge in [0, 0.05) is 0 Å². The summed E-state index contributed by atoms with van der Waals surface area (Å²) in [5.41, 5.74) is 4.58. The third-order valence-corrected chi connectivity index (χ3v) is 6.30. The lowest BCUT2D eigenvalue weighted by atomic mass is 9.81. The molecule has 3 aliphatic heterocycles. The van der Waals surface area contributed by atoms with Gasteiger partial charge >= 0.3 is 0 Å². The molecule has 0 saturated carbocycles. The largest absolute Gasteiger partial charge is 0.373 e. The molecular weight excluding hydrogens is 342 g/mol. The van der Waals surface area contributed by atoms with E-state index in [0.29, 0.717) is 12.2 Å². The second-order valence-electron chi connectivity index (χ2n) is 8.02. The van der Waals surface area contributed by atoms with Crippen LogP contribution in [0.3, 0.4) is 0 Å². The molecule has 6 nitrogen and oxygen atoms in total. The van der Waals surface area contributed by atoms with Crippen LogP contribution in [0.2, 0.25) is 0 Å². The van der Waals surface area contributed by atoms with Crippen molar-refractivity contribution < 1.29 is 14.3 Å². The Morgan fingerprint density at radius 2 is 1.59 bits per heavy atom. The summed E-state index contributed by atoms with van der Waals surface area (Å²) in [6.45, 7) is 6.48. The maximum atomic E-state index is 13.1. The minimum Gasteiger partial charge on any atom is -0.373 e. The Balaban J connectivity index is 1.49. The first-order valence-corrected chi connectivity index (χ1v) is 9.58. The standard InChI is InChI=1S/C21H23N3O3/c1-11-4-6-14(7-5-11)10-23-13(3)19(12(2)22-23)24-20(25)17-15-8-9-16(27-15)18(17)21(24)26/h4-7,15-18H,8-10H2,1-3H3/t15-,16-,17-,18+/m0/s1. The van der Waals surface area contributed by atoms with Crippen molar-refractivity contribution in [2.24, 2.45) is 11.8 Å². The van der Waals surface area contributed by atoms with E-state index in [0.717, 1.165) is 29.8 Å². The van der Waals surface area contributed by atoms with Gasteiger partial charge in [-0.1, -0.05) is 29.8 Å². The number of hydrogen-bond donors (Lipinski definition) is 0. The second-order valence-corrected chi connectivity index (χ2v) is 8.02. The van der Waals surface area contributed by atoms with E-state index >= 15 is 0 Å². The Morgan fingerprint density at radius 1 is 1.00 bits per heavy atom. The summed E-state index contributed by atoms with van der Waals surface area (Å²) < 4.78 is 7.71. The maximum Gasteiger partial charge on any atom is 0.240 e. The Labute approximate surface area is 158 Å². The number of imide groups is 1. The topological polar surface area (TPSA) is 64.4 Å². The lowest BCUT2D eigenvalue weighted by molar-refractivity contribution is -0.124. The molecule has 3 aliphatic rings. The minimum absolute atomic E-state index is 0.0929. The summed E-state index contributed by atoms with van der Waals surface area (Å²) in [5, 5.41) is 4.63. The first kappa shape index (κ1) is 16.7. The lowest BCUT2D eigenvalue weighted by Crippen LogP contribution is -2.35. The van der Waals surface area contributed by atoms with E-state index in [-0.39, 0.29) is 35.9 Å². The lowest BCUT2D eigenvalue weighted by Gasteiger charge is -2.18. The molecule has 0 unspecified atom stereocenters. The molecule has 6 heteroatoms. The zero-order chi connectivity index (χ0) is 18.9. The average molecular weight is 365 g/mol. The number of ether oxygens (including phenoxy) is 1. The van der Waals surface area contributed by atoms with Gasteiger partial charge in [0.1, 0.15) is 0 Å². The molecule has 140 valence electrons. The van der Waals surface area contributed by atoms with Crippen molar-refractivity contribution in [1.29, 1.82) is 0 Å². The van der Waals surface area contributed by atoms with E-state index in [1.165, 1.54) is 10.5 Å². The average Bonchev–Trinajstić information content (AvgIpc) is 3.37. The van der Waals surface area contributed by atoms with Crippen molar-refractivity contribution in [2.45, 2.75) is 52.4 Å². The van der Waals surface area contributed by atoms with Crippen LogP contribution in [0.25, 0.3) is 0 Å². The second kappa shape index (κ2) is 5.76. The van der Waals surface area contributed by atoms with Crippen molar-refractivity contribution in [3.8, 4) is 0 Å². The van der Waals surface area contributed by atoms with Crippen LogP contribution in [-0.2, 0) is 20.9 Å². The third-order valence-electron chi connectivity index (χ3n) is 6.30. The summed E-state index contributed by atoms with van der Waals surface area (Å²) in [7, 11) is 0. The van der Waals surface area contributed by atoms with E-state index in [2.05, 4.69) is 36.3 Å². The molecule has 0 radical (unpaired) electrons. The van der Waals surface area contributed by atoms with Crippen LogP contribution in [-0.4, -0.2) is 33.8 Å². The molecular formula is C21H23N3O3. The van der Waals surface area contributed by atoms with E-state index in [1.54, 1.807) is 0 Å². The van der Waals surface area contributed by atoms with Crippen LogP contribution in [0.15, 0.2) is 24.3 Å². The zero-order valence-electron chi connectivity index (χ0n) is 15.8. The number of benzene rings is 1. The summed E-state index contributed by atoms with van der Waals surface area (Å²) in [5.74, 6) is -0.845. The Hall–Kier alpha value is -2.47. The molecule has 3 fully saturated rings. The van der Waals surface area contributed by atoms with E-state index in [1.807, 2.05) is 18.5 Å². The smallest absolute Gasteiger partial charge is 0.240 e. The van der Waals surface area contributed by atoms with Gasteiger partial charge in [0.2, 0.25) is 11.8 Å². The molecule has 4 atom stereocenters. The van der Waals surface area contributed by atoms with Crippen LogP contribution in [0.1, 0.15) is 35.4 Å². The predicted octanol–water partition coefficient (Wildman–Crippen LogP) is 2.52. The van der Waals surface area contributed by atoms with E-state index in [9.17, 15) is 9.59 Å². The van der Waals surface area contributed by atoms with Gasteiger partial charge in [-0.05, 0) is 39.2 Å². The normalized spacial score (nSPS) is 29.1. The molecule has 1 aromatic heterocycles. The molecule has 0 N–H and O–H groups in total. The first-order valence-electron chi connectivity index (χ1n) is 9.58. The molecule has 4 heterocycles. The monoisotopic (exact) mass is 365 g/mol. The number of aryl methyl sites for hydroxylation is 2. The molecule has 2 bridgehead atoms. The number of hydrogen-bond acceptors (Lipinski definition) is 4. The predicted molar refractivity (Wildman–Crippen MR) is 99.4 cm³/mol. The highest BCUT2D eigenvalue weighted by molar-refractivity contribution is 6.23. The van der Waals surface area contributed by atoms with Crippen LogP contribution in [0.4, 0.5) is 5.69 Å². The highest BCUT2D eigenvalue weighted by Gasteiger charge is 2.63. The van der Waals surface area contributed by atoms with Crippen LogP contribution >= 0.6 is 0 Å². The summed E-state index contributed by atoms with van der Waals surface area (Å²) in [6, 6.07) is 8.31. The minimum atomic E-state index is -0.310. The molecule has 2 aromatic rings. The van der Waals surface area contributed by atoms with Crippen LogP contribution < -0.4 is 4.90 Å². The van der Waals surface area contributed by atoms with E-state index in [4.69, 9.17) is 4.74 Å². The van der Waals surface area contributed by atoms with E-state index < -0.39 is 0 Å². The molecule has 2 amide bonds. The summed E-state index contributed by atoms with van der Waals surface area (Å²) >= 11 is 0. The number of amides is 2. The summed E-state index contributed by atoms with van der Waals surface area (Å²) in [6.07, 6.45) is 1.57. The van der Waals surface area contributed by atoms with Gasteiger partial charge in [0.15, 0.2) is 0 Å². The summed E-state index contributed by atoms with van der Waals surface area (Å²) in [4.78, 5) is 27.6. The number of carbonyl (C=O) groups excluding carboxylic acids is 2. The number of carbonyl (C=O) groups is 2. The first-order chi connectivity index (χ1) is 13.0. The maximum absolute atomic E-state index is 13.1. The SMILES string of the molecule is Cc1ccc(Cn2nc(C)c(N3C(=O)[C@@H]4[C@H](C3=O)[C@@H]3CC[C@@H]4O3)c2C)cc1. The van der Waals surface area contributed by atoms with Crippen molar-refractivity contribution >= 4 is 17.5 Å². The van der Waals surface area contributed by atoms with Crippen molar-refractivity contribution in [3.63, 3.8) is 0 Å². The van der Waals surface area contributed by atoms with Gasteiger partial charge in [-0.3, -0.25) is 14.3 Å². The molecule has 3 saturated heterocycles. The van der Waals surface area contributed by atoms with Crippen LogP contribution in [0, 0.1) is 32.6 Å². The number of aromatic nitrogens is 2. The molecule has 5 rings (SSSR count). The third kappa shape index (κ3) is 2.32. The van der Waals surface area contributed by atoms with Gasteiger partial charge in [0.05, 0.1) is 47.7 Å². The van der Waals surface area contributed by atoms with Crippen molar-refractivity contribution in [2.75, 3.05) is 4.90 Å². The highest BCUT2D eigenvalue weighted by atomic mass is 16.5.